The SMILES string of the molecule is CC(C)(N)CNCCNC1CCNCC1. The maximum Gasteiger partial charge on any atom is 0.0223 e. The first-order valence-corrected chi connectivity index (χ1v) is 6.02. The van der Waals surface area contributed by atoms with Crippen molar-refractivity contribution in [1.82, 2.24) is 16.0 Å². The molecule has 15 heavy (non-hydrogen) atoms. The maximum absolute atomic E-state index is 5.87. The van der Waals surface area contributed by atoms with Crippen molar-refractivity contribution in [3.8, 4) is 0 Å². The molecule has 0 aromatic carbocycles. The Balaban J connectivity index is 1.92. The molecule has 0 spiro atoms. The van der Waals surface area contributed by atoms with Gasteiger partial charge in [0.2, 0.25) is 0 Å². The van der Waals surface area contributed by atoms with Crippen molar-refractivity contribution in [3.05, 3.63) is 0 Å². The average Bonchev–Trinajstić information content (AvgIpc) is 2.17. The van der Waals surface area contributed by atoms with Crippen LogP contribution in [0.2, 0.25) is 0 Å². The lowest BCUT2D eigenvalue weighted by Crippen LogP contribution is -2.46. The third kappa shape index (κ3) is 6.84. The van der Waals surface area contributed by atoms with E-state index in [1.54, 1.807) is 0 Å². The van der Waals surface area contributed by atoms with Crippen LogP contribution in [-0.2, 0) is 0 Å². The molecule has 1 heterocycles. The Labute approximate surface area is 93.4 Å². The largest absolute Gasteiger partial charge is 0.324 e. The normalized spacial score (nSPS) is 19.4. The number of nitrogens with two attached hydrogens (primary N) is 1. The molecule has 0 unspecified atom stereocenters. The molecule has 0 amide bonds. The van der Waals surface area contributed by atoms with Gasteiger partial charge in [-0.3, -0.25) is 0 Å². The van der Waals surface area contributed by atoms with Gasteiger partial charge in [-0.1, -0.05) is 0 Å². The Bertz CT molecular complexity index is 158. The van der Waals surface area contributed by atoms with Gasteiger partial charge in [-0.2, -0.15) is 0 Å². The molecule has 0 aromatic heterocycles. The first-order chi connectivity index (χ1) is 7.08. The number of hydrogen-bond donors (Lipinski definition) is 4. The predicted octanol–water partition coefficient (Wildman–Crippen LogP) is -0.345. The van der Waals surface area contributed by atoms with Crippen molar-refractivity contribution >= 4 is 0 Å². The third-order valence-electron chi connectivity index (χ3n) is 2.65. The fraction of sp³-hybridized carbons (Fsp3) is 1.00. The summed E-state index contributed by atoms with van der Waals surface area (Å²) in [7, 11) is 0. The molecule has 0 aromatic rings. The van der Waals surface area contributed by atoms with Crippen molar-refractivity contribution in [2.45, 2.75) is 38.3 Å². The minimum Gasteiger partial charge on any atom is -0.324 e. The molecular formula is C11H26N4. The first kappa shape index (κ1) is 12.9. The molecule has 1 saturated heterocycles. The highest BCUT2D eigenvalue weighted by molar-refractivity contribution is 4.76. The van der Waals surface area contributed by atoms with Gasteiger partial charge >= 0.3 is 0 Å². The highest BCUT2D eigenvalue weighted by Crippen LogP contribution is 2.00. The van der Waals surface area contributed by atoms with Crippen LogP contribution in [-0.4, -0.2) is 44.3 Å². The molecule has 1 fully saturated rings. The molecule has 0 saturated carbocycles. The van der Waals surface area contributed by atoms with E-state index in [0.29, 0.717) is 6.04 Å². The smallest absolute Gasteiger partial charge is 0.0223 e. The Hall–Kier alpha value is -0.160. The minimum absolute atomic E-state index is 0.102. The monoisotopic (exact) mass is 214 g/mol. The maximum atomic E-state index is 5.87. The lowest BCUT2D eigenvalue weighted by atomic mass is 10.1. The van der Waals surface area contributed by atoms with E-state index < -0.39 is 0 Å². The summed E-state index contributed by atoms with van der Waals surface area (Å²) in [6.45, 7) is 9.31. The van der Waals surface area contributed by atoms with Gasteiger partial charge in [-0.05, 0) is 39.8 Å². The number of nitrogens with one attached hydrogen (secondary N) is 3. The van der Waals surface area contributed by atoms with Gasteiger partial charge in [0, 0.05) is 31.2 Å². The van der Waals surface area contributed by atoms with Gasteiger partial charge in [0.05, 0.1) is 0 Å². The molecule has 1 rings (SSSR count). The lowest BCUT2D eigenvalue weighted by molar-refractivity contribution is 0.381. The van der Waals surface area contributed by atoms with Gasteiger partial charge < -0.3 is 21.7 Å². The second-order valence-electron chi connectivity index (χ2n) is 5.14. The molecule has 0 aliphatic carbocycles. The standard InChI is InChI=1S/C11H26N4/c1-11(2,12)9-14-7-8-15-10-3-5-13-6-4-10/h10,13-15H,3-9,12H2,1-2H3. The summed E-state index contributed by atoms with van der Waals surface area (Å²) in [5.74, 6) is 0. The van der Waals surface area contributed by atoms with Crippen LogP contribution in [0.5, 0.6) is 0 Å². The van der Waals surface area contributed by atoms with Gasteiger partial charge in [-0.25, -0.2) is 0 Å². The van der Waals surface area contributed by atoms with Gasteiger partial charge in [0.15, 0.2) is 0 Å². The van der Waals surface area contributed by atoms with Gasteiger partial charge in [0.1, 0.15) is 0 Å². The highest BCUT2D eigenvalue weighted by Gasteiger charge is 2.12. The number of hydrogen-bond acceptors (Lipinski definition) is 4. The molecule has 1 aliphatic heterocycles. The van der Waals surface area contributed by atoms with Crippen LogP contribution in [0.1, 0.15) is 26.7 Å². The van der Waals surface area contributed by atoms with E-state index in [1.807, 2.05) is 13.8 Å². The van der Waals surface area contributed by atoms with Crippen LogP contribution in [0.4, 0.5) is 0 Å². The Morgan fingerprint density at radius 2 is 1.93 bits per heavy atom. The molecule has 90 valence electrons. The van der Waals surface area contributed by atoms with Crippen molar-refractivity contribution in [2.75, 3.05) is 32.7 Å². The predicted molar refractivity (Wildman–Crippen MR) is 65.0 cm³/mol. The van der Waals surface area contributed by atoms with E-state index in [4.69, 9.17) is 5.73 Å². The molecule has 0 bridgehead atoms. The van der Waals surface area contributed by atoms with Crippen molar-refractivity contribution < 1.29 is 0 Å². The van der Waals surface area contributed by atoms with E-state index in [1.165, 1.54) is 12.8 Å². The fourth-order valence-corrected chi connectivity index (χ4v) is 1.80. The zero-order valence-electron chi connectivity index (χ0n) is 10.1. The Morgan fingerprint density at radius 3 is 2.53 bits per heavy atom. The highest BCUT2D eigenvalue weighted by atomic mass is 15.0. The lowest BCUT2D eigenvalue weighted by Gasteiger charge is -2.24. The first-order valence-electron chi connectivity index (χ1n) is 6.02. The summed E-state index contributed by atoms with van der Waals surface area (Å²) < 4.78 is 0. The van der Waals surface area contributed by atoms with Crippen LogP contribution in [0, 0.1) is 0 Å². The van der Waals surface area contributed by atoms with E-state index in [2.05, 4.69) is 16.0 Å². The summed E-state index contributed by atoms with van der Waals surface area (Å²) >= 11 is 0. The van der Waals surface area contributed by atoms with Gasteiger partial charge in [-0.15, -0.1) is 0 Å². The zero-order valence-corrected chi connectivity index (χ0v) is 10.1. The van der Waals surface area contributed by atoms with Crippen molar-refractivity contribution in [2.24, 2.45) is 5.73 Å². The van der Waals surface area contributed by atoms with E-state index in [-0.39, 0.29) is 5.54 Å². The summed E-state index contributed by atoms with van der Waals surface area (Å²) in [5, 5.41) is 10.3. The Kier molecular flexibility index (Phi) is 5.53. The summed E-state index contributed by atoms with van der Waals surface area (Å²) in [6, 6.07) is 0.707. The number of piperidine rings is 1. The molecule has 4 heteroatoms. The summed E-state index contributed by atoms with van der Waals surface area (Å²) in [5.41, 5.74) is 5.77. The quantitative estimate of drug-likeness (QED) is 0.457. The second kappa shape index (κ2) is 6.43. The van der Waals surface area contributed by atoms with Crippen molar-refractivity contribution in [3.63, 3.8) is 0 Å². The van der Waals surface area contributed by atoms with E-state index in [0.717, 1.165) is 32.7 Å². The molecule has 0 radical (unpaired) electrons. The van der Waals surface area contributed by atoms with E-state index >= 15 is 0 Å². The van der Waals surface area contributed by atoms with Gasteiger partial charge in [0.25, 0.3) is 0 Å². The van der Waals surface area contributed by atoms with Crippen LogP contribution >= 0.6 is 0 Å². The summed E-state index contributed by atoms with van der Waals surface area (Å²) in [6.07, 6.45) is 2.50. The van der Waals surface area contributed by atoms with Crippen LogP contribution in [0.15, 0.2) is 0 Å². The molecular weight excluding hydrogens is 188 g/mol. The minimum atomic E-state index is -0.102. The molecule has 0 atom stereocenters. The fourth-order valence-electron chi connectivity index (χ4n) is 1.80. The summed E-state index contributed by atoms with van der Waals surface area (Å²) in [4.78, 5) is 0. The van der Waals surface area contributed by atoms with Crippen LogP contribution < -0.4 is 21.7 Å². The molecule has 4 nitrogen and oxygen atoms in total. The number of rotatable bonds is 6. The Morgan fingerprint density at radius 1 is 1.27 bits per heavy atom. The molecule has 5 N–H and O–H groups in total. The van der Waals surface area contributed by atoms with Crippen molar-refractivity contribution in [1.29, 1.82) is 0 Å². The average molecular weight is 214 g/mol. The topological polar surface area (TPSA) is 62.1 Å². The van der Waals surface area contributed by atoms with E-state index in [9.17, 15) is 0 Å². The second-order valence-corrected chi connectivity index (χ2v) is 5.14. The third-order valence-corrected chi connectivity index (χ3v) is 2.65. The molecule has 1 aliphatic rings. The van der Waals surface area contributed by atoms with Crippen LogP contribution in [0.25, 0.3) is 0 Å². The van der Waals surface area contributed by atoms with Crippen LogP contribution in [0.3, 0.4) is 0 Å². The zero-order chi connectivity index (χ0) is 11.1.